The molecule has 0 bridgehead atoms. The Labute approximate surface area is 192 Å². The van der Waals surface area contributed by atoms with Crippen molar-refractivity contribution in [2.75, 3.05) is 19.7 Å². The average Bonchev–Trinajstić information content (AvgIpc) is 2.85. The van der Waals surface area contributed by atoms with Gasteiger partial charge in [0.1, 0.15) is 6.04 Å². The Bertz CT molecular complexity index is 1110. The number of rotatable bonds is 8. The van der Waals surface area contributed by atoms with Gasteiger partial charge < -0.3 is 15.0 Å². The highest BCUT2D eigenvalue weighted by Crippen LogP contribution is 2.25. The van der Waals surface area contributed by atoms with Gasteiger partial charge in [-0.1, -0.05) is 42.5 Å². The number of hydrogen-bond donors (Lipinski definition) is 1. The summed E-state index contributed by atoms with van der Waals surface area (Å²) < 4.78 is 19.1. The minimum Gasteiger partial charge on any atom is -0.491 e. The molecule has 0 saturated carbocycles. The van der Waals surface area contributed by atoms with Crippen LogP contribution >= 0.6 is 0 Å². The fourth-order valence-electron chi connectivity index (χ4n) is 4.04. The van der Waals surface area contributed by atoms with E-state index < -0.39 is 11.9 Å². The molecule has 1 N–H and O–H groups in total. The molecule has 0 spiro atoms. The molecule has 0 radical (unpaired) electrons. The molecule has 33 heavy (non-hydrogen) atoms. The standard InChI is InChI=1S/C26H26FN3O3/c27-22-10-3-4-11-24(22)33-16-6-12-25(31)30-15-14-29-26(32)23(30)17-19-7-1-2-9-21(19)20-8-5-13-28-18-20/h1-5,7-11,13,18,23H,6,12,14-17H2,(H,29,32)/t23-/m0/s1. The monoisotopic (exact) mass is 447 g/mol. The van der Waals surface area contributed by atoms with Gasteiger partial charge in [-0.05, 0) is 35.7 Å². The quantitative estimate of drug-likeness (QED) is 0.536. The van der Waals surface area contributed by atoms with Crippen LogP contribution in [0.25, 0.3) is 11.1 Å². The van der Waals surface area contributed by atoms with Gasteiger partial charge in [0.05, 0.1) is 6.61 Å². The molecule has 0 aliphatic carbocycles. The van der Waals surface area contributed by atoms with Gasteiger partial charge in [0, 0.05) is 43.9 Å². The van der Waals surface area contributed by atoms with E-state index in [0.29, 0.717) is 25.9 Å². The number of nitrogens with one attached hydrogen (secondary N) is 1. The van der Waals surface area contributed by atoms with Crippen molar-refractivity contribution in [2.24, 2.45) is 0 Å². The number of hydrogen-bond acceptors (Lipinski definition) is 4. The maximum Gasteiger partial charge on any atom is 0.243 e. The highest BCUT2D eigenvalue weighted by atomic mass is 19.1. The summed E-state index contributed by atoms with van der Waals surface area (Å²) in [5.74, 6) is -0.514. The number of ether oxygens (including phenoxy) is 1. The molecule has 0 unspecified atom stereocenters. The van der Waals surface area contributed by atoms with Gasteiger partial charge in [-0.2, -0.15) is 0 Å². The molecule has 2 aromatic carbocycles. The SMILES string of the molecule is O=C1NCCN(C(=O)CCCOc2ccccc2F)[C@H]1Cc1ccccc1-c1cccnc1. The lowest BCUT2D eigenvalue weighted by atomic mass is 9.94. The predicted molar refractivity (Wildman–Crippen MR) is 123 cm³/mol. The van der Waals surface area contributed by atoms with E-state index in [2.05, 4.69) is 10.3 Å². The van der Waals surface area contributed by atoms with Crippen LogP contribution in [0.5, 0.6) is 5.75 Å². The molecule has 170 valence electrons. The van der Waals surface area contributed by atoms with Crippen LogP contribution in [0.3, 0.4) is 0 Å². The van der Waals surface area contributed by atoms with Crippen LogP contribution in [0.15, 0.2) is 73.1 Å². The van der Waals surface area contributed by atoms with Crippen molar-refractivity contribution in [3.05, 3.63) is 84.4 Å². The van der Waals surface area contributed by atoms with E-state index in [0.717, 1.165) is 16.7 Å². The first-order valence-electron chi connectivity index (χ1n) is 11.1. The van der Waals surface area contributed by atoms with Gasteiger partial charge >= 0.3 is 0 Å². The first-order valence-corrected chi connectivity index (χ1v) is 11.1. The first-order chi connectivity index (χ1) is 16.1. The lowest BCUT2D eigenvalue weighted by Crippen LogP contribution is -2.58. The summed E-state index contributed by atoms with van der Waals surface area (Å²) in [6.45, 7) is 1.11. The number of halogens is 1. The second-order valence-electron chi connectivity index (χ2n) is 7.88. The molecule has 6 nitrogen and oxygen atoms in total. The fraction of sp³-hybridized carbons (Fsp3) is 0.269. The molecule has 2 amide bonds. The molecule has 1 aliphatic heterocycles. The fourth-order valence-corrected chi connectivity index (χ4v) is 4.04. The summed E-state index contributed by atoms with van der Waals surface area (Å²) >= 11 is 0. The van der Waals surface area contributed by atoms with E-state index in [-0.39, 0.29) is 30.6 Å². The number of para-hydroxylation sites is 1. The van der Waals surface area contributed by atoms with Gasteiger partial charge in [0.25, 0.3) is 0 Å². The third-order valence-corrected chi connectivity index (χ3v) is 5.68. The Morgan fingerprint density at radius 2 is 1.94 bits per heavy atom. The third-order valence-electron chi connectivity index (χ3n) is 5.68. The van der Waals surface area contributed by atoms with Crippen molar-refractivity contribution in [3.8, 4) is 16.9 Å². The molecular weight excluding hydrogens is 421 g/mol. The number of benzene rings is 2. The normalized spacial score (nSPS) is 15.7. The van der Waals surface area contributed by atoms with Crippen molar-refractivity contribution >= 4 is 11.8 Å². The van der Waals surface area contributed by atoms with E-state index >= 15 is 0 Å². The second kappa shape index (κ2) is 10.7. The Morgan fingerprint density at radius 3 is 2.76 bits per heavy atom. The molecule has 2 heterocycles. The third kappa shape index (κ3) is 5.55. The predicted octanol–water partition coefficient (Wildman–Crippen LogP) is 3.62. The molecule has 1 aromatic heterocycles. The number of piperazine rings is 1. The van der Waals surface area contributed by atoms with Crippen LogP contribution < -0.4 is 10.1 Å². The largest absolute Gasteiger partial charge is 0.491 e. The average molecular weight is 448 g/mol. The van der Waals surface area contributed by atoms with Crippen LogP contribution in [0.4, 0.5) is 4.39 Å². The lowest BCUT2D eigenvalue weighted by Gasteiger charge is -2.35. The van der Waals surface area contributed by atoms with E-state index in [9.17, 15) is 14.0 Å². The highest BCUT2D eigenvalue weighted by Gasteiger charge is 2.33. The van der Waals surface area contributed by atoms with E-state index in [1.165, 1.54) is 6.07 Å². The van der Waals surface area contributed by atoms with E-state index in [4.69, 9.17) is 4.74 Å². The van der Waals surface area contributed by atoms with E-state index in [1.54, 1.807) is 35.5 Å². The van der Waals surface area contributed by atoms with Crippen LogP contribution in [0.1, 0.15) is 18.4 Å². The maximum atomic E-state index is 13.7. The minimum atomic E-state index is -0.587. The summed E-state index contributed by atoms with van der Waals surface area (Å²) in [4.78, 5) is 31.6. The smallest absolute Gasteiger partial charge is 0.243 e. The van der Waals surface area contributed by atoms with Crippen molar-refractivity contribution in [1.29, 1.82) is 0 Å². The molecule has 3 aromatic rings. The van der Waals surface area contributed by atoms with Crippen LogP contribution in [-0.2, 0) is 16.0 Å². The molecule has 1 aliphatic rings. The summed E-state index contributed by atoms with van der Waals surface area (Å²) in [5.41, 5.74) is 2.94. The summed E-state index contributed by atoms with van der Waals surface area (Å²) in [6, 6.07) is 17.3. The number of amides is 2. The zero-order valence-corrected chi connectivity index (χ0v) is 18.2. The van der Waals surface area contributed by atoms with Gasteiger partial charge in [-0.25, -0.2) is 4.39 Å². The van der Waals surface area contributed by atoms with Crippen molar-refractivity contribution in [1.82, 2.24) is 15.2 Å². The number of carbonyl (C=O) groups is 2. The van der Waals surface area contributed by atoms with Gasteiger partial charge in [0.2, 0.25) is 11.8 Å². The van der Waals surface area contributed by atoms with E-state index in [1.807, 2.05) is 36.4 Å². The molecule has 1 atom stereocenters. The van der Waals surface area contributed by atoms with Gasteiger partial charge in [0.15, 0.2) is 11.6 Å². The van der Waals surface area contributed by atoms with Gasteiger partial charge in [-0.15, -0.1) is 0 Å². The Kier molecular flexibility index (Phi) is 7.29. The lowest BCUT2D eigenvalue weighted by molar-refractivity contribution is -0.143. The summed E-state index contributed by atoms with van der Waals surface area (Å²) in [5, 5.41) is 2.88. The molecule has 7 heteroatoms. The molecule has 1 saturated heterocycles. The zero-order valence-electron chi connectivity index (χ0n) is 18.2. The second-order valence-corrected chi connectivity index (χ2v) is 7.88. The number of aromatic nitrogens is 1. The Hall–Kier alpha value is -3.74. The minimum absolute atomic E-state index is 0.106. The van der Waals surface area contributed by atoms with Crippen molar-refractivity contribution < 1.29 is 18.7 Å². The summed E-state index contributed by atoms with van der Waals surface area (Å²) in [6.07, 6.45) is 4.58. The maximum absolute atomic E-state index is 13.7. The Balaban J connectivity index is 1.42. The van der Waals surface area contributed by atoms with Crippen LogP contribution in [0.2, 0.25) is 0 Å². The topological polar surface area (TPSA) is 71.5 Å². The Morgan fingerprint density at radius 1 is 1.12 bits per heavy atom. The molecular formula is C26H26FN3O3. The van der Waals surface area contributed by atoms with Crippen molar-refractivity contribution in [3.63, 3.8) is 0 Å². The molecule has 1 fully saturated rings. The number of pyridine rings is 1. The van der Waals surface area contributed by atoms with Crippen LogP contribution in [0, 0.1) is 5.82 Å². The van der Waals surface area contributed by atoms with Crippen LogP contribution in [-0.4, -0.2) is 47.4 Å². The summed E-state index contributed by atoms with van der Waals surface area (Å²) in [7, 11) is 0. The van der Waals surface area contributed by atoms with Gasteiger partial charge in [-0.3, -0.25) is 14.6 Å². The number of nitrogens with zero attached hydrogens (tertiary/aromatic N) is 2. The molecule has 4 rings (SSSR count). The first kappa shape index (κ1) is 22.5. The number of carbonyl (C=O) groups excluding carboxylic acids is 2. The highest BCUT2D eigenvalue weighted by molar-refractivity contribution is 5.89. The van der Waals surface area contributed by atoms with Crippen molar-refractivity contribution in [2.45, 2.75) is 25.3 Å². The zero-order chi connectivity index (χ0) is 23.0.